The Labute approximate surface area is 139 Å². The standard InChI is InChI=1S/C17H19N5O2/c23-17(14-3-4-19-20-14)22-8-9-24-12-13(11-22)10-15-16-2-1-6-21(16)7-5-18-15/h1-7,13H,8-12H2,(H,19,20)/t13-/m1/s1. The number of rotatable bonds is 3. The lowest BCUT2D eigenvalue weighted by atomic mass is 10.0. The molecule has 1 fully saturated rings. The van der Waals surface area contributed by atoms with E-state index in [1.807, 2.05) is 29.6 Å². The van der Waals surface area contributed by atoms with Crippen LogP contribution in [0.15, 0.2) is 43.0 Å². The molecule has 7 nitrogen and oxygen atoms in total. The summed E-state index contributed by atoms with van der Waals surface area (Å²) in [5.74, 6) is 0.185. The first-order valence-electron chi connectivity index (χ1n) is 8.08. The third-order valence-electron chi connectivity index (χ3n) is 4.37. The van der Waals surface area contributed by atoms with Gasteiger partial charge in [-0.15, -0.1) is 0 Å². The number of ether oxygens (including phenoxy) is 1. The molecule has 0 spiro atoms. The van der Waals surface area contributed by atoms with Crippen molar-refractivity contribution in [2.24, 2.45) is 5.92 Å². The summed E-state index contributed by atoms with van der Waals surface area (Å²) < 4.78 is 7.78. The Hall–Kier alpha value is -2.67. The lowest BCUT2D eigenvalue weighted by Crippen LogP contribution is -2.36. The molecule has 1 atom stereocenters. The van der Waals surface area contributed by atoms with Gasteiger partial charge in [0.2, 0.25) is 0 Å². The first-order chi connectivity index (χ1) is 11.8. The number of hydrogen-bond acceptors (Lipinski definition) is 4. The van der Waals surface area contributed by atoms with Crippen molar-refractivity contribution in [3.63, 3.8) is 0 Å². The molecule has 3 aromatic rings. The van der Waals surface area contributed by atoms with E-state index in [1.54, 1.807) is 12.3 Å². The number of fused-ring (bicyclic) bond motifs is 1. The van der Waals surface area contributed by atoms with Crippen LogP contribution in [0.5, 0.6) is 0 Å². The second kappa shape index (κ2) is 6.45. The highest BCUT2D eigenvalue weighted by Gasteiger charge is 2.25. The average molecular weight is 325 g/mol. The SMILES string of the molecule is O=C(c1ccn[nH]1)N1CCOC[C@H](Cc2nccn3cccc23)C1. The summed E-state index contributed by atoms with van der Waals surface area (Å²) in [6.45, 7) is 2.44. The quantitative estimate of drug-likeness (QED) is 0.789. The normalized spacial score (nSPS) is 18.7. The molecule has 0 aliphatic carbocycles. The highest BCUT2D eigenvalue weighted by molar-refractivity contribution is 5.92. The minimum Gasteiger partial charge on any atom is -0.379 e. The molecule has 0 radical (unpaired) electrons. The first kappa shape index (κ1) is 14.9. The average Bonchev–Trinajstić information content (AvgIpc) is 3.24. The number of aromatic amines is 1. The van der Waals surface area contributed by atoms with Crippen LogP contribution in [0.4, 0.5) is 0 Å². The van der Waals surface area contributed by atoms with Gasteiger partial charge in [-0.1, -0.05) is 0 Å². The molecule has 0 saturated carbocycles. The molecule has 7 heteroatoms. The van der Waals surface area contributed by atoms with Crippen LogP contribution in [-0.2, 0) is 11.2 Å². The molecule has 124 valence electrons. The monoisotopic (exact) mass is 325 g/mol. The molecule has 1 amide bonds. The predicted molar refractivity (Wildman–Crippen MR) is 87.7 cm³/mol. The molecule has 24 heavy (non-hydrogen) atoms. The third-order valence-corrected chi connectivity index (χ3v) is 4.37. The number of nitrogens with one attached hydrogen (secondary N) is 1. The minimum absolute atomic E-state index is 0.0307. The van der Waals surface area contributed by atoms with Crippen molar-refractivity contribution in [1.29, 1.82) is 0 Å². The fraction of sp³-hybridized carbons (Fsp3) is 0.353. The van der Waals surface area contributed by atoms with Crippen molar-refractivity contribution in [2.75, 3.05) is 26.3 Å². The summed E-state index contributed by atoms with van der Waals surface area (Å²) in [6, 6.07) is 5.78. The molecule has 3 aromatic heterocycles. The van der Waals surface area contributed by atoms with Crippen LogP contribution in [0.2, 0.25) is 0 Å². The number of amides is 1. The lowest BCUT2D eigenvalue weighted by molar-refractivity contribution is 0.0731. The lowest BCUT2D eigenvalue weighted by Gasteiger charge is -2.23. The summed E-state index contributed by atoms with van der Waals surface area (Å²) in [7, 11) is 0. The van der Waals surface area contributed by atoms with E-state index in [0.29, 0.717) is 32.0 Å². The van der Waals surface area contributed by atoms with Crippen LogP contribution in [0.25, 0.3) is 5.52 Å². The topological polar surface area (TPSA) is 75.5 Å². The number of carbonyl (C=O) groups excluding carboxylic acids is 1. The van der Waals surface area contributed by atoms with Gasteiger partial charge in [-0.3, -0.25) is 14.9 Å². The number of H-pyrrole nitrogens is 1. The van der Waals surface area contributed by atoms with Crippen molar-refractivity contribution >= 4 is 11.4 Å². The molecule has 0 aromatic carbocycles. The maximum Gasteiger partial charge on any atom is 0.271 e. The molecule has 4 rings (SSSR count). The van der Waals surface area contributed by atoms with E-state index in [4.69, 9.17) is 4.74 Å². The Kier molecular flexibility index (Phi) is 4.00. The fourth-order valence-corrected chi connectivity index (χ4v) is 3.19. The zero-order chi connectivity index (χ0) is 16.4. The van der Waals surface area contributed by atoms with Gasteiger partial charge < -0.3 is 14.0 Å². The first-order valence-corrected chi connectivity index (χ1v) is 8.08. The van der Waals surface area contributed by atoms with E-state index < -0.39 is 0 Å². The molecule has 0 unspecified atom stereocenters. The Balaban J connectivity index is 1.52. The van der Waals surface area contributed by atoms with Crippen LogP contribution >= 0.6 is 0 Å². The highest BCUT2D eigenvalue weighted by atomic mass is 16.5. The Morgan fingerprint density at radius 3 is 3.17 bits per heavy atom. The van der Waals surface area contributed by atoms with E-state index in [0.717, 1.165) is 17.6 Å². The molecular formula is C17H19N5O2. The summed E-state index contributed by atoms with van der Waals surface area (Å²) in [6.07, 6.45) is 8.14. The zero-order valence-corrected chi connectivity index (χ0v) is 13.3. The van der Waals surface area contributed by atoms with Gasteiger partial charge in [0.1, 0.15) is 5.69 Å². The van der Waals surface area contributed by atoms with Gasteiger partial charge in [0.25, 0.3) is 5.91 Å². The zero-order valence-electron chi connectivity index (χ0n) is 13.3. The minimum atomic E-state index is -0.0307. The van der Waals surface area contributed by atoms with Crippen molar-refractivity contribution in [1.82, 2.24) is 24.5 Å². The van der Waals surface area contributed by atoms with Crippen LogP contribution in [0, 0.1) is 5.92 Å². The van der Waals surface area contributed by atoms with Crippen molar-refractivity contribution < 1.29 is 9.53 Å². The maximum absolute atomic E-state index is 12.6. The maximum atomic E-state index is 12.6. The van der Waals surface area contributed by atoms with E-state index in [-0.39, 0.29) is 11.8 Å². The molecule has 1 N–H and O–H groups in total. The van der Waals surface area contributed by atoms with Crippen LogP contribution in [0.3, 0.4) is 0 Å². The van der Waals surface area contributed by atoms with Gasteiger partial charge in [0.15, 0.2) is 0 Å². The van der Waals surface area contributed by atoms with Gasteiger partial charge >= 0.3 is 0 Å². The second-order valence-corrected chi connectivity index (χ2v) is 6.04. The van der Waals surface area contributed by atoms with Crippen LogP contribution in [0.1, 0.15) is 16.2 Å². The number of aromatic nitrogens is 4. The Morgan fingerprint density at radius 2 is 2.29 bits per heavy atom. The molecule has 1 aliphatic rings. The van der Waals surface area contributed by atoms with Gasteiger partial charge in [-0.05, 0) is 24.6 Å². The third kappa shape index (κ3) is 2.90. The number of hydrogen-bond donors (Lipinski definition) is 1. The fourth-order valence-electron chi connectivity index (χ4n) is 3.19. The molecule has 0 bridgehead atoms. The van der Waals surface area contributed by atoms with E-state index in [9.17, 15) is 4.79 Å². The van der Waals surface area contributed by atoms with Gasteiger partial charge in [0.05, 0.1) is 24.4 Å². The summed E-state index contributed by atoms with van der Waals surface area (Å²) >= 11 is 0. The summed E-state index contributed by atoms with van der Waals surface area (Å²) in [5, 5.41) is 6.60. The summed E-state index contributed by atoms with van der Waals surface area (Å²) in [5.41, 5.74) is 2.66. The molecule has 1 aliphatic heterocycles. The highest BCUT2D eigenvalue weighted by Crippen LogP contribution is 2.18. The van der Waals surface area contributed by atoms with Crippen LogP contribution in [-0.4, -0.2) is 56.7 Å². The molecule has 1 saturated heterocycles. The Morgan fingerprint density at radius 1 is 1.33 bits per heavy atom. The predicted octanol–water partition coefficient (Wildman–Crippen LogP) is 1.39. The van der Waals surface area contributed by atoms with E-state index in [2.05, 4.69) is 25.6 Å². The number of nitrogens with zero attached hydrogens (tertiary/aromatic N) is 4. The van der Waals surface area contributed by atoms with Crippen LogP contribution < -0.4 is 0 Å². The van der Waals surface area contributed by atoms with Gasteiger partial charge in [-0.2, -0.15) is 5.10 Å². The largest absolute Gasteiger partial charge is 0.379 e. The van der Waals surface area contributed by atoms with E-state index >= 15 is 0 Å². The smallest absolute Gasteiger partial charge is 0.271 e. The van der Waals surface area contributed by atoms with Gasteiger partial charge in [0, 0.05) is 43.8 Å². The second-order valence-electron chi connectivity index (χ2n) is 6.04. The number of carbonyl (C=O) groups is 1. The Bertz CT molecular complexity index is 827. The van der Waals surface area contributed by atoms with Crippen molar-refractivity contribution in [2.45, 2.75) is 6.42 Å². The van der Waals surface area contributed by atoms with Gasteiger partial charge in [-0.25, -0.2) is 0 Å². The summed E-state index contributed by atoms with van der Waals surface area (Å²) in [4.78, 5) is 18.9. The van der Waals surface area contributed by atoms with E-state index in [1.165, 1.54) is 0 Å². The molecular weight excluding hydrogens is 306 g/mol. The van der Waals surface area contributed by atoms with Crippen molar-refractivity contribution in [3.05, 3.63) is 54.4 Å². The molecule has 4 heterocycles. The van der Waals surface area contributed by atoms with Crippen molar-refractivity contribution in [3.8, 4) is 0 Å².